The Kier molecular flexibility index (Phi) is 6.86. The van der Waals surface area contributed by atoms with Gasteiger partial charge in [0.1, 0.15) is 5.82 Å². The van der Waals surface area contributed by atoms with Crippen LogP contribution in [0, 0.1) is 18.3 Å². The van der Waals surface area contributed by atoms with Gasteiger partial charge in [0.2, 0.25) is 0 Å². The van der Waals surface area contributed by atoms with Crippen LogP contribution in [-0.2, 0) is 32.7 Å². The summed E-state index contributed by atoms with van der Waals surface area (Å²) in [4.78, 5) is 13.3. The quantitative estimate of drug-likeness (QED) is 0.870. The molecule has 0 aliphatic carbocycles. The molecule has 4 nitrogen and oxygen atoms in total. The predicted molar refractivity (Wildman–Crippen MR) is 62.8 cm³/mol. The van der Waals surface area contributed by atoms with Crippen molar-refractivity contribution in [1.82, 2.24) is 10.1 Å². The Morgan fingerprint density at radius 1 is 1.53 bits per heavy atom. The van der Waals surface area contributed by atoms with Gasteiger partial charge in [-0.05, 0) is 0 Å². The van der Waals surface area contributed by atoms with E-state index in [-0.39, 0.29) is 44.0 Å². The second kappa shape index (κ2) is 6.84. The van der Waals surface area contributed by atoms with Gasteiger partial charge in [0.15, 0.2) is 0 Å². The van der Waals surface area contributed by atoms with Gasteiger partial charge in [0.25, 0.3) is 0 Å². The Morgan fingerprint density at radius 3 is 2.53 bits per heavy atom. The summed E-state index contributed by atoms with van der Waals surface area (Å²) in [5.74, 6) is 1.42. The molecule has 17 heavy (non-hydrogen) atoms. The number of aromatic nitrogens is 2. The first-order valence-corrected chi connectivity index (χ1v) is 5.52. The SMILES string of the molecule is [CH2-]C(CC[C-](C)C(C)(C)C)c1noc(=O)[nH]1.[Y]. The summed E-state index contributed by atoms with van der Waals surface area (Å²) in [6.07, 6.45) is 1.85. The topological polar surface area (TPSA) is 58.9 Å². The number of nitrogens with zero attached hydrogens (tertiary/aromatic N) is 1. The Balaban J connectivity index is 0.00000256. The number of rotatable bonds is 4. The Hall–Kier alpha value is 0.0439. The Bertz CT molecular complexity index is 378. The van der Waals surface area contributed by atoms with E-state index in [1.54, 1.807) is 0 Å². The van der Waals surface area contributed by atoms with Crippen LogP contribution >= 0.6 is 0 Å². The number of H-pyrrole nitrogens is 1. The number of hydrogen-bond acceptors (Lipinski definition) is 3. The van der Waals surface area contributed by atoms with E-state index in [9.17, 15) is 4.79 Å². The molecular formula is C12H20N2O2Y-2. The minimum atomic E-state index is -0.514. The van der Waals surface area contributed by atoms with Crippen LogP contribution in [0.4, 0.5) is 0 Å². The standard InChI is InChI=1S/C12H20N2O2.Y/c1-8(10-13-11(15)16-14-10)6-7-9(2)12(3,4)5;/h8H,1,6-7H2,2-5H3,(H,13,14,15);/q-2;. The third-order valence-electron chi connectivity index (χ3n) is 2.99. The van der Waals surface area contributed by atoms with Crippen LogP contribution in [-0.4, -0.2) is 10.1 Å². The summed E-state index contributed by atoms with van der Waals surface area (Å²) in [6, 6.07) is 0. The first kappa shape index (κ1) is 17.0. The molecule has 95 valence electrons. The zero-order valence-electron chi connectivity index (χ0n) is 11.0. The molecule has 0 amide bonds. The molecule has 1 N–H and O–H groups in total. The summed E-state index contributed by atoms with van der Waals surface area (Å²) in [5, 5.41) is 3.64. The third-order valence-corrected chi connectivity index (χ3v) is 2.99. The van der Waals surface area contributed by atoms with Gasteiger partial charge in [0, 0.05) is 32.7 Å². The molecule has 1 aromatic rings. The van der Waals surface area contributed by atoms with Gasteiger partial charge in [-0.1, -0.05) is 32.3 Å². The molecule has 1 unspecified atom stereocenters. The molecule has 5 heteroatoms. The fourth-order valence-electron chi connectivity index (χ4n) is 1.32. The van der Waals surface area contributed by atoms with Crippen LogP contribution in [0.15, 0.2) is 9.32 Å². The molecule has 1 atom stereocenters. The van der Waals surface area contributed by atoms with Crippen LogP contribution in [0.1, 0.15) is 52.3 Å². The van der Waals surface area contributed by atoms with Crippen molar-refractivity contribution in [2.75, 3.05) is 0 Å². The van der Waals surface area contributed by atoms with Crippen LogP contribution in [0.25, 0.3) is 0 Å². The number of nitrogens with one attached hydrogen (secondary N) is 1. The largest absolute Gasteiger partial charge is 0.438 e. The van der Waals surface area contributed by atoms with Crippen LogP contribution in [0.3, 0.4) is 0 Å². The van der Waals surface area contributed by atoms with Crippen molar-refractivity contribution in [2.45, 2.75) is 46.5 Å². The summed E-state index contributed by atoms with van der Waals surface area (Å²) in [5.41, 5.74) is 0.219. The van der Waals surface area contributed by atoms with Crippen molar-refractivity contribution in [3.63, 3.8) is 0 Å². The van der Waals surface area contributed by atoms with Gasteiger partial charge in [-0.25, -0.2) is 4.79 Å². The maximum Gasteiger partial charge on any atom is 0.438 e. The summed E-state index contributed by atoms with van der Waals surface area (Å²) < 4.78 is 4.45. The summed E-state index contributed by atoms with van der Waals surface area (Å²) in [6.45, 7) is 12.7. The molecule has 0 bridgehead atoms. The van der Waals surface area contributed by atoms with Crippen molar-refractivity contribution >= 4 is 0 Å². The van der Waals surface area contributed by atoms with Gasteiger partial charge < -0.3 is 12.8 Å². The van der Waals surface area contributed by atoms with Crippen molar-refractivity contribution in [2.24, 2.45) is 5.41 Å². The molecule has 0 fully saturated rings. The first-order chi connectivity index (χ1) is 7.30. The van der Waals surface area contributed by atoms with E-state index >= 15 is 0 Å². The second-order valence-corrected chi connectivity index (χ2v) is 5.25. The third kappa shape index (κ3) is 5.47. The molecule has 0 aliphatic heterocycles. The van der Waals surface area contributed by atoms with Gasteiger partial charge in [0.05, 0.1) is 0 Å². The first-order valence-electron chi connectivity index (χ1n) is 5.52. The van der Waals surface area contributed by atoms with Crippen LogP contribution in [0.5, 0.6) is 0 Å². The van der Waals surface area contributed by atoms with Gasteiger partial charge >= 0.3 is 5.76 Å². The maximum atomic E-state index is 10.8. The second-order valence-electron chi connectivity index (χ2n) is 5.25. The normalized spacial score (nSPS) is 13.5. The smallest absolute Gasteiger partial charge is 0.333 e. The van der Waals surface area contributed by atoms with E-state index < -0.39 is 5.76 Å². The Labute approximate surface area is 128 Å². The van der Waals surface area contributed by atoms with E-state index in [0.29, 0.717) is 5.82 Å². The fourth-order valence-corrected chi connectivity index (χ4v) is 1.32. The predicted octanol–water partition coefficient (Wildman–Crippen LogP) is 2.70. The van der Waals surface area contributed by atoms with E-state index in [1.807, 2.05) is 0 Å². The van der Waals surface area contributed by atoms with Crippen molar-refractivity contribution in [3.05, 3.63) is 29.2 Å². The van der Waals surface area contributed by atoms with Gasteiger partial charge in [-0.15, -0.1) is 5.92 Å². The van der Waals surface area contributed by atoms with Crippen LogP contribution < -0.4 is 5.76 Å². The molecule has 0 aliphatic rings. The number of aromatic amines is 1. The molecule has 0 spiro atoms. The maximum absolute atomic E-state index is 10.8. The average molecular weight is 313 g/mol. The molecule has 1 rings (SSSR count). The minimum absolute atomic E-state index is 0. The van der Waals surface area contributed by atoms with E-state index in [0.717, 1.165) is 12.8 Å². The van der Waals surface area contributed by atoms with Gasteiger partial charge in [-0.3, -0.25) is 9.51 Å². The summed E-state index contributed by atoms with van der Waals surface area (Å²) in [7, 11) is 0. The van der Waals surface area contributed by atoms with E-state index in [2.05, 4.69) is 49.3 Å². The average Bonchev–Trinajstić information content (AvgIpc) is 2.59. The van der Waals surface area contributed by atoms with Crippen molar-refractivity contribution in [3.8, 4) is 0 Å². The van der Waals surface area contributed by atoms with Crippen LogP contribution in [0.2, 0.25) is 0 Å². The molecule has 1 radical (unpaired) electrons. The monoisotopic (exact) mass is 313 g/mol. The van der Waals surface area contributed by atoms with Gasteiger partial charge in [-0.2, -0.15) is 18.8 Å². The van der Waals surface area contributed by atoms with Crippen molar-refractivity contribution in [1.29, 1.82) is 0 Å². The molecule has 1 heterocycles. The minimum Gasteiger partial charge on any atom is -0.333 e. The van der Waals surface area contributed by atoms with Crippen molar-refractivity contribution < 1.29 is 37.2 Å². The molecule has 0 saturated heterocycles. The molecular weight excluding hydrogens is 293 g/mol. The summed E-state index contributed by atoms with van der Waals surface area (Å²) >= 11 is 0. The Morgan fingerprint density at radius 2 is 2.12 bits per heavy atom. The molecule has 0 saturated carbocycles. The van der Waals surface area contributed by atoms with E-state index in [1.165, 1.54) is 5.92 Å². The van der Waals surface area contributed by atoms with E-state index in [4.69, 9.17) is 0 Å². The fraction of sp³-hybridized carbons (Fsp3) is 0.667. The molecule has 0 aromatic carbocycles. The zero-order valence-corrected chi connectivity index (χ0v) is 13.9. The molecule has 1 aromatic heterocycles. The zero-order chi connectivity index (χ0) is 12.3. The number of hydrogen-bond donors (Lipinski definition) is 1.